The van der Waals surface area contributed by atoms with E-state index >= 15 is 0 Å². The first-order valence-electron chi connectivity index (χ1n) is 12.0. The summed E-state index contributed by atoms with van der Waals surface area (Å²) in [7, 11) is -4.03. The normalized spacial score (nSPS) is 19.5. The van der Waals surface area contributed by atoms with Gasteiger partial charge < -0.3 is 13.6 Å². The highest BCUT2D eigenvalue weighted by Gasteiger charge is 2.41. The van der Waals surface area contributed by atoms with Crippen LogP contribution in [-0.2, 0) is 13.6 Å². The standard InChI is InChI=1S/C26H44N2O4Si2/c1-25(2,3)22(31-34(10,11)26(4,5)6)17-27-23(32-33(7,8)9)18-28-21(19-30-24(28)29)20-15-13-12-14-16-20/h12-18,21-22H,19H2,1-11H3/b23-18+,27-17+/t21-,22-/m1/s1. The topological polar surface area (TPSA) is 60.4 Å². The van der Waals surface area contributed by atoms with E-state index in [0.717, 1.165) is 5.56 Å². The summed E-state index contributed by atoms with van der Waals surface area (Å²) in [4.78, 5) is 18.9. The third kappa shape index (κ3) is 7.81. The summed E-state index contributed by atoms with van der Waals surface area (Å²) in [5.41, 5.74) is 0.859. The number of hydrogen-bond acceptors (Lipinski definition) is 5. The Morgan fingerprint density at radius 3 is 2.18 bits per heavy atom. The SMILES string of the molecule is CC(C)(C)[C@@H](/C=N/C(=C\N1C(=O)OC[C@@H]1c1ccccc1)O[Si](C)(C)C)O[Si](C)(C)C(C)(C)C. The summed E-state index contributed by atoms with van der Waals surface area (Å²) in [5, 5.41) is 0.0834. The number of amides is 1. The van der Waals surface area contributed by atoms with Crippen LogP contribution in [0, 0.1) is 5.41 Å². The van der Waals surface area contributed by atoms with Crippen molar-refractivity contribution in [3.05, 3.63) is 48.0 Å². The van der Waals surface area contributed by atoms with Crippen LogP contribution >= 0.6 is 0 Å². The van der Waals surface area contributed by atoms with E-state index in [1.165, 1.54) is 0 Å². The van der Waals surface area contributed by atoms with Crippen LogP contribution in [0.4, 0.5) is 4.79 Å². The summed E-state index contributed by atoms with van der Waals surface area (Å²) in [6, 6.07) is 9.66. The Morgan fingerprint density at radius 1 is 1.09 bits per heavy atom. The molecule has 8 heteroatoms. The fraction of sp³-hybridized carbons (Fsp3) is 0.615. The molecule has 0 radical (unpaired) electrons. The van der Waals surface area contributed by atoms with Gasteiger partial charge in [-0.1, -0.05) is 71.9 Å². The molecule has 6 nitrogen and oxygen atoms in total. The summed E-state index contributed by atoms with van der Waals surface area (Å²) >= 11 is 0. The molecule has 0 aliphatic carbocycles. The molecule has 1 saturated heterocycles. The monoisotopic (exact) mass is 504 g/mol. The van der Waals surface area contributed by atoms with Crippen molar-refractivity contribution in [1.29, 1.82) is 0 Å². The number of carbonyl (C=O) groups excluding carboxylic acids is 1. The number of cyclic esters (lactones) is 1. The van der Waals surface area contributed by atoms with Crippen molar-refractivity contribution < 1.29 is 18.4 Å². The number of rotatable bonds is 8. The fourth-order valence-electron chi connectivity index (χ4n) is 3.09. The third-order valence-corrected chi connectivity index (χ3v) is 11.5. The lowest BCUT2D eigenvalue weighted by Crippen LogP contribution is -2.48. The molecule has 1 amide bonds. The molecular weight excluding hydrogens is 460 g/mol. The zero-order valence-electron chi connectivity index (χ0n) is 22.9. The van der Waals surface area contributed by atoms with Gasteiger partial charge in [0, 0.05) is 6.21 Å². The lowest BCUT2D eigenvalue weighted by Gasteiger charge is -2.42. The highest BCUT2D eigenvalue weighted by molar-refractivity contribution is 6.74. The molecule has 0 bridgehead atoms. The van der Waals surface area contributed by atoms with Crippen molar-refractivity contribution in [3.63, 3.8) is 0 Å². The maximum Gasteiger partial charge on any atom is 0.414 e. The largest absolute Gasteiger partial charge is 0.530 e. The predicted octanol–water partition coefficient (Wildman–Crippen LogP) is 7.34. The minimum atomic E-state index is -2.03. The Hall–Kier alpha value is -1.91. The van der Waals surface area contributed by atoms with E-state index in [0.29, 0.717) is 12.5 Å². The van der Waals surface area contributed by atoms with Crippen LogP contribution in [0.15, 0.2) is 47.4 Å². The van der Waals surface area contributed by atoms with E-state index in [2.05, 4.69) is 74.3 Å². The average molecular weight is 505 g/mol. The van der Waals surface area contributed by atoms with Gasteiger partial charge in [0.25, 0.3) is 0 Å². The number of hydrogen-bond donors (Lipinski definition) is 0. The van der Waals surface area contributed by atoms with Gasteiger partial charge in [0.15, 0.2) is 8.32 Å². The van der Waals surface area contributed by atoms with Gasteiger partial charge in [-0.2, -0.15) is 0 Å². The smallest absolute Gasteiger partial charge is 0.414 e. The average Bonchev–Trinajstić information content (AvgIpc) is 3.03. The van der Waals surface area contributed by atoms with E-state index in [9.17, 15) is 4.79 Å². The van der Waals surface area contributed by atoms with Gasteiger partial charge in [-0.3, -0.25) is 4.90 Å². The number of benzene rings is 1. The molecule has 0 saturated carbocycles. The number of carbonyl (C=O) groups is 1. The van der Waals surface area contributed by atoms with Crippen molar-refractivity contribution in [1.82, 2.24) is 4.90 Å². The van der Waals surface area contributed by atoms with Crippen LogP contribution in [0.2, 0.25) is 37.8 Å². The first-order chi connectivity index (χ1) is 15.4. The molecule has 2 atom stereocenters. The second kappa shape index (κ2) is 10.4. The molecule has 34 heavy (non-hydrogen) atoms. The number of aliphatic imine (C=N–C) groups is 1. The number of nitrogens with zero attached hydrogens (tertiary/aromatic N) is 2. The second-order valence-electron chi connectivity index (χ2n) is 12.5. The van der Waals surface area contributed by atoms with Crippen LogP contribution in [0.1, 0.15) is 53.1 Å². The molecule has 2 rings (SSSR count). The maximum absolute atomic E-state index is 12.6. The molecule has 1 aliphatic heterocycles. The van der Waals surface area contributed by atoms with Gasteiger partial charge in [0.05, 0.1) is 18.3 Å². The van der Waals surface area contributed by atoms with E-state index < -0.39 is 22.7 Å². The van der Waals surface area contributed by atoms with Crippen molar-refractivity contribution in [3.8, 4) is 0 Å². The van der Waals surface area contributed by atoms with Gasteiger partial charge in [-0.25, -0.2) is 9.79 Å². The first-order valence-corrected chi connectivity index (χ1v) is 18.4. The zero-order chi connectivity index (χ0) is 25.9. The summed E-state index contributed by atoms with van der Waals surface area (Å²) < 4.78 is 18.4. The molecular formula is C26H44N2O4Si2. The molecule has 1 heterocycles. The van der Waals surface area contributed by atoms with Gasteiger partial charge in [0.1, 0.15) is 6.61 Å². The third-order valence-electron chi connectivity index (χ3n) is 6.17. The van der Waals surface area contributed by atoms with Crippen molar-refractivity contribution >= 4 is 28.9 Å². The van der Waals surface area contributed by atoms with Gasteiger partial charge in [-0.05, 0) is 48.8 Å². The first kappa shape index (κ1) is 28.3. The summed E-state index contributed by atoms with van der Waals surface area (Å²) in [6.07, 6.45) is 2.95. The van der Waals surface area contributed by atoms with Crippen LogP contribution in [-0.4, -0.2) is 46.6 Å². The zero-order valence-corrected chi connectivity index (χ0v) is 24.9. The van der Waals surface area contributed by atoms with Gasteiger partial charge >= 0.3 is 6.09 Å². The summed E-state index contributed by atoms with van der Waals surface area (Å²) in [6.45, 7) is 24.3. The molecule has 1 aromatic carbocycles. The van der Waals surface area contributed by atoms with E-state index in [-0.39, 0.29) is 22.6 Å². The number of ether oxygens (including phenoxy) is 1. The van der Waals surface area contributed by atoms with E-state index in [4.69, 9.17) is 18.6 Å². The Bertz CT molecular complexity index is 894. The molecule has 1 fully saturated rings. The lowest BCUT2D eigenvalue weighted by atomic mass is 9.90. The van der Waals surface area contributed by atoms with E-state index in [1.807, 2.05) is 36.5 Å². The fourth-order valence-corrected chi connectivity index (χ4v) is 5.23. The van der Waals surface area contributed by atoms with Crippen molar-refractivity contribution in [2.75, 3.05) is 6.61 Å². The molecule has 1 aromatic rings. The molecule has 0 N–H and O–H groups in total. The predicted molar refractivity (Wildman–Crippen MR) is 145 cm³/mol. The second-order valence-corrected chi connectivity index (χ2v) is 21.7. The Kier molecular flexibility index (Phi) is 8.65. The van der Waals surface area contributed by atoms with Gasteiger partial charge in [0.2, 0.25) is 14.2 Å². The molecule has 1 aliphatic rings. The summed E-state index contributed by atoms with van der Waals surface area (Å²) in [5.74, 6) is 0.409. The highest BCUT2D eigenvalue weighted by atomic mass is 28.4. The van der Waals surface area contributed by atoms with E-state index in [1.54, 1.807) is 11.1 Å². The highest BCUT2D eigenvalue weighted by Crippen LogP contribution is 2.39. The Labute approximate surface area is 208 Å². The minimum absolute atomic E-state index is 0.0834. The maximum atomic E-state index is 12.6. The van der Waals surface area contributed by atoms with Crippen LogP contribution in [0.3, 0.4) is 0 Å². The lowest BCUT2D eigenvalue weighted by molar-refractivity contribution is 0.133. The Balaban J connectivity index is 2.42. The molecule has 0 unspecified atom stereocenters. The van der Waals surface area contributed by atoms with Crippen LogP contribution in [0.25, 0.3) is 0 Å². The van der Waals surface area contributed by atoms with Crippen molar-refractivity contribution in [2.24, 2.45) is 10.4 Å². The quantitative estimate of drug-likeness (QED) is 0.211. The molecule has 0 spiro atoms. The minimum Gasteiger partial charge on any atom is -0.530 e. The van der Waals surface area contributed by atoms with Crippen LogP contribution < -0.4 is 0 Å². The van der Waals surface area contributed by atoms with Crippen LogP contribution in [0.5, 0.6) is 0 Å². The molecule has 190 valence electrons. The Morgan fingerprint density at radius 2 is 1.68 bits per heavy atom. The molecule has 0 aromatic heterocycles. The van der Waals surface area contributed by atoms with Crippen molar-refractivity contribution in [2.45, 2.75) is 91.5 Å². The van der Waals surface area contributed by atoms with Gasteiger partial charge in [-0.15, -0.1) is 0 Å².